The molecule has 1 rings (SSSR count). The maximum atomic E-state index is 13.6. The van der Waals surface area contributed by atoms with Crippen LogP contribution in [0.2, 0.25) is 0 Å². The highest BCUT2D eigenvalue weighted by atomic mass is 19.1. The Morgan fingerprint density at radius 3 is 2.56 bits per heavy atom. The smallest absolute Gasteiger partial charge is 0.305 e. The molecule has 0 spiro atoms. The zero-order valence-electron chi connectivity index (χ0n) is 9.49. The summed E-state index contributed by atoms with van der Waals surface area (Å²) >= 11 is 0. The first-order valence-electron chi connectivity index (χ1n) is 4.87. The van der Waals surface area contributed by atoms with Gasteiger partial charge in [0.2, 0.25) is 5.82 Å². The van der Waals surface area contributed by atoms with E-state index in [1.807, 2.05) is 20.8 Å². The van der Waals surface area contributed by atoms with Crippen LogP contribution in [-0.2, 0) is 11.3 Å². The number of ether oxygens (including phenoxy) is 1. The largest absolute Gasteiger partial charge is 0.371 e. The molecule has 0 unspecified atom stereocenters. The predicted molar refractivity (Wildman–Crippen MR) is 57.6 cm³/mol. The third-order valence-corrected chi connectivity index (χ3v) is 1.92. The second kappa shape index (κ2) is 4.57. The van der Waals surface area contributed by atoms with E-state index in [0.29, 0.717) is 0 Å². The van der Waals surface area contributed by atoms with Crippen molar-refractivity contribution in [1.29, 1.82) is 0 Å². The van der Waals surface area contributed by atoms with Crippen molar-refractivity contribution in [1.82, 2.24) is 0 Å². The van der Waals surface area contributed by atoms with Gasteiger partial charge in [0.15, 0.2) is 0 Å². The highest BCUT2D eigenvalue weighted by Gasteiger charge is 2.19. The van der Waals surface area contributed by atoms with Crippen LogP contribution in [0.1, 0.15) is 26.3 Å². The van der Waals surface area contributed by atoms with Gasteiger partial charge in [-0.1, -0.05) is 12.1 Å². The van der Waals surface area contributed by atoms with Crippen molar-refractivity contribution in [2.75, 3.05) is 0 Å². The molecule has 0 heterocycles. The molecule has 5 heteroatoms. The van der Waals surface area contributed by atoms with Gasteiger partial charge in [-0.05, 0) is 20.8 Å². The Morgan fingerprint density at radius 2 is 2.06 bits per heavy atom. The van der Waals surface area contributed by atoms with Gasteiger partial charge in [-0.15, -0.1) is 0 Å². The van der Waals surface area contributed by atoms with Gasteiger partial charge in [-0.2, -0.15) is 4.39 Å². The lowest BCUT2D eigenvalue weighted by atomic mass is 10.1. The Bertz CT molecular complexity index is 399. The van der Waals surface area contributed by atoms with E-state index in [1.54, 1.807) is 0 Å². The lowest BCUT2D eigenvalue weighted by Gasteiger charge is -2.19. The lowest BCUT2D eigenvalue weighted by Crippen LogP contribution is -2.19. The van der Waals surface area contributed by atoms with Gasteiger partial charge in [-0.3, -0.25) is 10.1 Å². The zero-order valence-corrected chi connectivity index (χ0v) is 9.49. The summed E-state index contributed by atoms with van der Waals surface area (Å²) in [4.78, 5) is 9.76. The highest BCUT2D eigenvalue weighted by molar-refractivity contribution is 5.36. The molecule has 0 saturated carbocycles. The number of hydrogen-bond donors (Lipinski definition) is 0. The second-order valence-electron chi connectivity index (χ2n) is 4.41. The average molecular weight is 227 g/mol. The van der Waals surface area contributed by atoms with Gasteiger partial charge >= 0.3 is 5.69 Å². The molecule has 0 aliphatic rings. The summed E-state index contributed by atoms with van der Waals surface area (Å²) in [5, 5.41) is 10.5. The topological polar surface area (TPSA) is 52.4 Å². The van der Waals surface area contributed by atoms with E-state index in [4.69, 9.17) is 4.74 Å². The number of rotatable bonds is 3. The van der Waals surface area contributed by atoms with Gasteiger partial charge in [-0.25, -0.2) is 0 Å². The molecule has 0 amide bonds. The Balaban J connectivity index is 2.90. The van der Waals surface area contributed by atoms with E-state index in [2.05, 4.69) is 0 Å². The first-order valence-corrected chi connectivity index (χ1v) is 4.87. The molecule has 16 heavy (non-hydrogen) atoms. The quantitative estimate of drug-likeness (QED) is 0.589. The van der Waals surface area contributed by atoms with Crippen LogP contribution in [0.15, 0.2) is 18.2 Å². The monoisotopic (exact) mass is 227 g/mol. The van der Waals surface area contributed by atoms with E-state index >= 15 is 0 Å². The minimum Gasteiger partial charge on any atom is -0.371 e. The fourth-order valence-corrected chi connectivity index (χ4v) is 1.11. The fraction of sp³-hybridized carbons (Fsp3) is 0.455. The van der Waals surface area contributed by atoms with E-state index in [0.717, 1.165) is 6.07 Å². The third kappa shape index (κ3) is 3.27. The number of nitrogens with zero attached hydrogens (tertiary/aromatic N) is 1. The van der Waals surface area contributed by atoms with Crippen molar-refractivity contribution >= 4 is 5.69 Å². The SMILES string of the molecule is CC(C)(C)OCc1cccc([N+](=O)[O-])c1F. The summed E-state index contributed by atoms with van der Waals surface area (Å²) in [5.41, 5.74) is -0.726. The molecule has 1 aromatic carbocycles. The summed E-state index contributed by atoms with van der Waals surface area (Å²) < 4.78 is 18.9. The summed E-state index contributed by atoms with van der Waals surface area (Å²) in [6.07, 6.45) is 0. The standard InChI is InChI=1S/C11H14FNO3/c1-11(2,3)16-7-8-5-4-6-9(10(8)12)13(14)15/h4-6H,7H2,1-3H3. The van der Waals surface area contributed by atoms with Gasteiger partial charge in [0.25, 0.3) is 0 Å². The molecule has 0 atom stereocenters. The first-order chi connectivity index (χ1) is 7.31. The van der Waals surface area contributed by atoms with E-state index < -0.39 is 22.0 Å². The van der Waals surface area contributed by atoms with Crippen LogP contribution in [0.4, 0.5) is 10.1 Å². The normalized spacial score (nSPS) is 11.5. The molecule has 0 aromatic heterocycles. The van der Waals surface area contributed by atoms with Crippen LogP contribution in [0.5, 0.6) is 0 Å². The van der Waals surface area contributed by atoms with Gasteiger partial charge in [0.05, 0.1) is 17.1 Å². The molecule has 0 radical (unpaired) electrons. The average Bonchev–Trinajstić information content (AvgIpc) is 2.14. The van der Waals surface area contributed by atoms with Crippen molar-refractivity contribution in [3.05, 3.63) is 39.7 Å². The van der Waals surface area contributed by atoms with E-state index in [-0.39, 0.29) is 12.2 Å². The molecular weight excluding hydrogens is 213 g/mol. The minimum absolute atomic E-state index is 0.0248. The van der Waals surface area contributed by atoms with Crippen LogP contribution in [-0.4, -0.2) is 10.5 Å². The van der Waals surface area contributed by atoms with Gasteiger partial charge in [0.1, 0.15) is 0 Å². The maximum Gasteiger partial charge on any atom is 0.305 e. The molecule has 1 aromatic rings. The maximum absolute atomic E-state index is 13.6. The number of hydrogen-bond acceptors (Lipinski definition) is 3. The second-order valence-corrected chi connectivity index (χ2v) is 4.41. The summed E-state index contributed by atoms with van der Waals surface area (Å²) in [6, 6.07) is 4.06. The van der Waals surface area contributed by atoms with Gasteiger partial charge in [0, 0.05) is 11.6 Å². The summed E-state index contributed by atoms with van der Waals surface area (Å²) in [5.74, 6) is -0.822. The number of nitro groups is 1. The Labute approximate surface area is 93.2 Å². The molecule has 0 fully saturated rings. The van der Waals surface area contributed by atoms with Crippen molar-refractivity contribution in [3.63, 3.8) is 0 Å². The van der Waals surface area contributed by atoms with Crippen molar-refractivity contribution in [2.45, 2.75) is 33.0 Å². The van der Waals surface area contributed by atoms with Crippen LogP contribution in [0.3, 0.4) is 0 Å². The summed E-state index contributed by atoms with van der Waals surface area (Å²) in [6.45, 7) is 5.53. The molecule has 88 valence electrons. The Hall–Kier alpha value is -1.49. The third-order valence-electron chi connectivity index (χ3n) is 1.92. The first kappa shape index (κ1) is 12.6. The van der Waals surface area contributed by atoms with Crippen LogP contribution in [0.25, 0.3) is 0 Å². The lowest BCUT2D eigenvalue weighted by molar-refractivity contribution is -0.387. The molecule has 4 nitrogen and oxygen atoms in total. The van der Waals surface area contributed by atoms with Crippen LogP contribution >= 0.6 is 0 Å². The Kier molecular flexibility index (Phi) is 3.59. The van der Waals surface area contributed by atoms with Gasteiger partial charge < -0.3 is 4.74 Å². The van der Waals surface area contributed by atoms with E-state index in [9.17, 15) is 14.5 Å². The van der Waals surface area contributed by atoms with Crippen molar-refractivity contribution in [2.24, 2.45) is 0 Å². The minimum atomic E-state index is -0.822. The molecule has 0 N–H and O–H groups in total. The predicted octanol–water partition coefficient (Wildman–Crippen LogP) is 3.05. The Morgan fingerprint density at radius 1 is 1.44 bits per heavy atom. The highest BCUT2D eigenvalue weighted by Crippen LogP contribution is 2.22. The summed E-state index contributed by atoms with van der Waals surface area (Å²) in [7, 11) is 0. The van der Waals surface area contributed by atoms with Crippen molar-refractivity contribution < 1.29 is 14.1 Å². The molecule has 0 aliphatic heterocycles. The number of benzene rings is 1. The molecular formula is C11H14FNO3. The molecule has 0 bridgehead atoms. The fourth-order valence-electron chi connectivity index (χ4n) is 1.11. The van der Waals surface area contributed by atoms with Crippen LogP contribution in [0, 0.1) is 15.9 Å². The van der Waals surface area contributed by atoms with Crippen molar-refractivity contribution in [3.8, 4) is 0 Å². The number of nitro benzene ring substituents is 1. The number of halogens is 1. The molecule has 0 saturated heterocycles. The zero-order chi connectivity index (χ0) is 12.3. The van der Waals surface area contributed by atoms with Crippen LogP contribution < -0.4 is 0 Å². The molecule has 0 aliphatic carbocycles. The van der Waals surface area contributed by atoms with E-state index in [1.165, 1.54) is 12.1 Å².